The molecule has 0 fully saturated rings. The second-order valence-electron chi connectivity index (χ2n) is 11.3. The number of benzene rings is 7. The normalized spacial score (nSPS) is 12.9. The summed E-state index contributed by atoms with van der Waals surface area (Å²) < 4.78 is 11.2. The van der Waals surface area contributed by atoms with Crippen LogP contribution in [0.2, 0.25) is 0 Å². The average molecular weight is 595 g/mol. The first kappa shape index (κ1) is 23.6. The minimum atomic E-state index is 0.409. The van der Waals surface area contributed by atoms with Crippen LogP contribution in [0.4, 0.5) is 11.6 Å². The number of aromatic nitrogens is 2. The minimum absolute atomic E-state index is 0.409. The van der Waals surface area contributed by atoms with Gasteiger partial charge in [-0.05, 0) is 40.4 Å². The Morgan fingerprint density at radius 2 is 1.36 bits per heavy atom. The third-order valence-corrected chi connectivity index (χ3v) is 9.96. The highest BCUT2D eigenvalue weighted by Crippen LogP contribution is 2.55. The number of para-hydroxylation sites is 1. The van der Waals surface area contributed by atoms with E-state index >= 15 is 0 Å². The monoisotopic (exact) mass is 594 g/mol. The summed E-state index contributed by atoms with van der Waals surface area (Å²) in [6.45, 7) is 0. The molecule has 210 valence electrons. The van der Waals surface area contributed by atoms with Crippen molar-refractivity contribution in [1.29, 1.82) is 0 Å². The molecule has 10 rings (SSSR count). The number of thiophene rings is 1. The predicted molar refractivity (Wildman–Crippen MR) is 188 cm³/mol. The molecule has 3 heterocycles. The molecule has 2 aromatic heterocycles. The largest absolute Gasteiger partial charge is 0.371 e. The number of fused-ring (bicyclic) bond motifs is 12. The van der Waals surface area contributed by atoms with Crippen LogP contribution in [0.1, 0.15) is 1.37 Å². The summed E-state index contributed by atoms with van der Waals surface area (Å²) in [5.41, 5.74) is 5.29. The maximum Gasteiger partial charge on any atom is 0.265 e. The summed E-state index contributed by atoms with van der Waals surface area (Å²) in [6, 6.07) is 46.0. The smallest absolute Gasteiger partial charge is 0.265 e. The van der Waals surface area contributed by atoms with Crippen LogP contribution in [0, 0.1) is 0 Å². The quantitative estimate of drug-likeness (QED) is 0.200. The van der Waals surface area contributed by atoms with Gasteiger partial charge in [0.1, 0.15) is 5.69 Å². The molecular weight excluding hydrogens is 571 g/mol. The van der Waals surface area contributed by atoms with Crippen LogP contribution in [0.3, 0.4) is 0 Å². The van der Waals surface area contributed by atoms with Gasteiger partial charge in [-0.15, -0.1) is 16.4 Å². The zero-order valence-electron chi connectivity index (χ0n) is 24.9. The van der Waals surface area contributed by atoms with E-state index in [1.165, 1.54) is 20.2 Å². The van der Waals surface area contributed by atoms with Crippen LogP contribution in [0.5, 0.6) is 5.75 Å². The van der Waals surface area contributed by atoms with Crippen molar-refractivity contribution in [3.05, 3.63) is 140 Å². The second-order valence-corrected chi connectivity index (χ2v) is 12.4. The van der Waals surface area contributed by atoms with Gasteiger partial charge in [-0.2, -0.15) is 0 Å². The molecule has 0 bridgehead atoms. The SMILES string of the molecule is [2H]c1ccccc1-c1nc(N2Oc3cc4ccccc4cc3-c3c2c2c4ccccc4sc2c2ccccc32)nc2ccccc12. The summed E-state index contributed by atoms with van der Waals surface area (Å²) in [5.74, 6) is 1.17. The zero-order valence-corrected chi connectivity index (χ0v) is 24.7. The molecule has 0 aliphatic carbocycles. The number of rotatable bonds is 2. The van der Waals surface area contributed by atoms with Gasteiger partial charge >= 0.3 is 0 Å². The Labute approximate surface area is 263 Å². The first-order chi connectivity index (χ1) is 22.7. The maximum absolute atomic E-state index is 8.75. The lowest BCUT2D eigenvalue weighted by atomic mass is 9.90. The molecule has 4 nitrogen and oxygen atoms in total. The van der Waals surface area contributed by atoms with Crippen LogP contribution in [-0.4, -0.2) is 9.97 Å². The molecule has 0 spiro atoms. The molecule has 0 unspecified atom stereocenters. The lowest BCUT2D eigenvalue weighted by Crippen LogP contribution is -2.28. The summed E-state index contributed by atoms with van der Waals surface area (Å²) in [5, 5.41) is 9.62. The van der Waals surface area contributed by atoms with Crippen molar-refractivity contribution < 1.29 is 6.21 Å². The maximum atomic E-state index is 8.75. The number of nitrogens with zero attached hydrogens (tertiary/aromatic N) is 3. The molecule has 0 radical (unpaired) electrons. The first-order valence-electron chi connectivity index (χ1n) is 15.4. The third kappa shape index (κ3) is 3.59. The molecule has 1 aliphatic rings. The fourth-order valence-electron chi connectivity index (χ4n) is 6.77. The van der Waals surface area contributed by atoms with Crippen molar-refractivity contribution in [2.45, 2.75) is 0 Å². The van der Waals surface area contributed by atoms with E-state index in [0.29, 0.717) is 17.7 Å². The summed E-state index contributed by atoms with van der Waals surface area (Å²) in [6.07, 6.45) is 0. The standard InChI is InChI=1S/C40H23N3OS/c1-2-12-24(13-3-1)37-29-18-8-10-20-32(29)41-40(42-37)43-38-35(31-22-25-14-4-5-15-26(25)23-33(31)44-43)27-16-6-7-17-28(27)39-36(38)30-19-9-11-21-34(30)45-39/h1-23H/i12D. The van der Waals surface area contributed by atoms with Gasteiger partial charge in [0, 0.05) is 47.6 Å². The molecule has 7 aromatic carbocycles. The number of anilines is 2. The Hall–Kier alpha value is -5.78. The van der Waals surface area contributed by atoms with Crippen molar-refractivity contribution in [2.75, 3.05) is 5.06 Å². The van der Waals surface area contributed by atoms with E-state index in [2.05, 4.69) is 84.9 Å². The van der Waals surface area contributed by atoms with Gasteiger partial charge < -0.3 is 4.84 Å². The van der Waals surface area contributed by atoms with E-state index < -0.39 is 0 Å². The van der Waals surface area contributed by atoms with Crippen LogP contribution in [-0.2, 0) is 0 Å². The van der Waals surface area contributed by atoms with Gasteiger partial charge in [-0.3, -0.25) is 0 Å². The lowest BCUT2D eigenvalue weighted by molar-refractivity contribution is 0.316. The molecule has 5 heteroatoms. The van der Waals surface area contributed by atoms with E-state index in [1.807, 2.05) is 47.5 Å². The molecule has 1 aliphatic heterocycles. The highest BCUT2D eigenvalue weighted by atomic mass is 32.1. The van der Waals surface area contributed by atoms with Gasteiger partial charge in [0.25, 0.3) is 5.95 Å². The van der Waals surface area contributed by atoms with Crippen LogP contribution in [0.25, 0.3) is 75.0 Å². The average Bonchev–Trinajstić information content (AvgIpc) is 3.50. The Morgan fingerprint density at radius 3 is 2.22 bits per heavy atom. The van der Waals surface area contributed by atoms with E-state index in [0.717, 1.165) is 60.6 Å². The van der Waals surface area contributed by atoms with Crippen molar-refractivity contribution in [3.8, 4) is 28.1 Å². The molecule has 0 saturated heterocycles. The minimum Gasteiger partial charge on any atom is -0.371 e. The predicted octanol–water partition coefficient (Wildman–Crippen LogP) is 11.1. The van der Waals surface area contributed by atoms with Crippen LogP contribution in [0.15, 0.2) is 140 Å². The Balaban J connectivity index is 1.38. The van der Waals surface area contributed by atoms with Gasteiger partial charge in [0.2, 0.25) is 0 Å². The van der Waals surface area contributed by atoms with Crippen LogP contribution < -0.4 is 9.90 Å². The third-order valence-electron chi connectivity index (χ3n) is 8.76. The van der Waals surface area contributed by atoms with Crippen molar-refractivity contribution >= 4 is 75.6 Å². The molecule has 0 saturated carbocycles. The molecular formula is C40H23N3OS. The van der Waals surface area contributed by atoms with Crippen molar-refractivity contribution in [3.63, 3.8) is 0 Å². The topological polar surface area (TPSA) is 38.2 Å². The van der Waals surface area contributed by atoms with Gasteiger partial charge in [0.15, 0.2) is 5.75 Å². The number of hydrogen-bond acceptors (Lipinski definition) is 5. The van der Waals surface area contributed by atoms with E-state index in [1.54, 1.807) is 17.4 Å². The second kappa shape index (κ2) is 9.36. The molecule has 0 atom stereocenters. The van der Waals surface area contributed by atoms with E-state index in [9.17, 15) is 0 Å². The van der Waals surface area contributed by atoms with Crippen LogP contribution >= 0.6 is 11.3 Å². The molecule has 0 amide bonds. The van der Waals surface area contributed by atoms with Crippen molar-refractivity contribution in [1.82, 2.24) is 9.97 Å². The fourth-order valence-corrected chi connectivity index (χ4v) is 8.02. The molecule has 9 aromatic rings. The van der Waals surface area contributed by atoms with E-state index in [-0.39, 0.29) is 0 Å². The number of hydrogen-bond donors (Lipinski definition) is 0. The highest BCUT2D eigenvalue weighted by molar-refractivity contribution is 7.26. The fraction of sp³-hybridized carbons (Fsp3) is 0. The van der Waals surface area contributed by atoms with E-state index in [4.69, 9.17) is 16.2 Å². The van der Waals surface area contributed by atoms with Gasteiger partial charge in [-0.25, -0.2) is 9.97 Å². The van der Waals surface area contributed by atoms with Gasteiger partial charge in [0.05, 0.1) is 12.6 Å². The lowest BCUT2D eigenvalue weighted by Gasteiger charge is -2.32. The highest BCUT2D eigenvalue weighted by Gasteiger charge is 2.33. The Morgan fingerprint density at radius 1 is 0.644 bits per heavy atom. The Bertz CT molecular complexity index is 2720. The molecule has 45 heavy (non-hydrogen) atoms. The summed E-state index contributed by atoms with van der Waals surface area (Å²) in [4.78, 5) is 17.3. The zero-order chi connectivity index (χ0) is 30.4. The molecule has 0 N–H and O–H groups in total. The van der Waals surface area contributed by atoms with Gasteiger partial charge in [-0.1, -0.05) is 115 Å². The Kier molecular flexibility index (Phi) is 4.92. The first-order valence-corrected chi connectivity index (χ1v) is 15.7. The summed E-state index contributed by atoms with van der Waals surface area (Å²) in [7, 11) is 0. The summed E-state index contributed by atoms with van der Waals surface area (Å²) >= 11 is 1.80. The van der Waals surface area contributed by atoms with Crippen molar-refractivity contribution in [2.24, 2.45) is 0 Å².